The summed E-state index contributed by atoms with van der Waals surface area (Å²) in [6.07, 6.45) is -0.664. The van der Waals surface area contributed by atoms with Crippen molar-refractivity contribution in [3.8, 4) is 0 Å². The van der Waals surface area contributed by atoms with Crippen LogP contribution in [0.3, 0.4) is 0 Å². The summed E-state index contributed by atoms with van der Waals surface area (Å²) < 4.78 is 44.3. The third-order valence-electron chi connectivity index (χ3n) is 3.85. The van der Waals surface area contributed by atoms with Crippen LogP contribution in [0, 0.1) is 0 Å². The van der Waals surface area contributed by atoms with E-state index in [0.717, 1.165) is 38.4 Å². The molecule has 1 aliphatic heterocycles. The van der Waals surface area contributed by atoms with Gasteiger partial charge in [-0.3, -0.25) is 4.79 Å². The molecule has 0 aromatic heterocycles. The molecular formula is C16H20F3NO2. The molecule has 1 saturated heterocycles. The van der Waals surface area contributed by atoms with Gasteiger partial charge in [0.2, 0.25) is 0 Å². The molecule has 0 N–H and O–H groups in total. The highest BCUT2D eigenvalue weighted by Gasteiger charge is 2.35. The average molecular weight is 315 g/mol. The first-order chi connectivity index (χ1) is 10.4. The lowest BCUT2D eigenvalue weighted by atomic mass is 10.1. The number of ether oxygens (including phenoxy) is 1. The molecule has 0 bridgehead atoms. The predicted octanol–water partition coefficient (Wildman–Crippen LogP) is 3.74. The van der Waals surface area contributed by atoms with Crippen LogP contribution in [-0.2, 0) is 10.9 Å². The summed E-state index contributed by atoms with van der Waals surface area (Å²) in [5, 5.41) is 0. The molecule has 0 aliphatic carbocycles. The van der Waals surface area contributed by atoms with Crippen molar-refractivity contribution in [2.75, 3.05) is 20.2 Å². The molecule has 122 valence electrons. The van der Waals surface area contributed by atoms with Gasteiger partial charge in [-0.1, -0.05) is 12.1 Å². The summed E-state index contributed by atoms with van der Waals surface area (Å²) in [7, 11) is 1.53. The van der Waals surface area contributed by atoms with Crippen LogP contribution >= 0.6 is 0 Å². The van der Waals surface area contributed by atoms with E-state index in [9.17, 15) is 18.0 Å². The third kappa shape index (κ3) is 4.22. The quantitative estimate of drug-likeness (QED) is 0.828. The van der Waals surface area contributed by atoms with Crippen molar-refractivity contribution in [1.29, 1.82) is 0 Å². The van der Waals surface area contributed by atoms with E-state index >= 15 is 0 Å². The second-order valence-corrected chi connectivity index (χ2v) is 5.55. The SMILES string of the molecule is CN(CCC[C@H]1CCCO1)C(=O)c1ccccc1C(F)(F)F. The topological polar surface area (TPSA) is 29.5 Å². The van der Waals surface area contributed by atoms with Crippen molar-refractivity contribution >= 4 is 5.91 Å². The number of hydrogen-bond acceptors (Lipinski definition) is 2. The number of rotatable bonds is 5. The normalized spacial score (nSPS) is 18.5. The van der Waals surface area contributed by atoms with Gasteiger partial charge in [0.05, 0.1) is 17.2 Å². The number of alkyl halides is 3. The number of benzene rings is 1. The average Bonchev–Trinajstić information content (AvgIpc) is 2.98. The second-order valence-electron chi connectivity index (χ2n) is 5.55. The van der Waals surface area contributed by atoms with Gasteiger partial charge in [0.1, 0.15) is 0 Å². The van der Waals surface area contributed by atoms with Crippen LogP contribution in [-0.4, -0.2) is 37.1 Å². The van der Waals surface area contributed by atoms with Gasteiger partial charge >= 0.3 is 6.18 Å². The molecule has 0 saturated carbocycles. The Morgan fingerprint density at radius 1 is 1.36 bits per heavy atom. The first-order valence-electron chi connectivity index (χ1n) is 7.43. The summed E-state index contributed by atoms with van der Waals surface area (Å²) in [5.74, 6) is -0.597. The van der Waals surface area contributed by atoms with E-state index in [4.69, 9.17) is 4.74 Å². The van der Waals surface area contributed by atoms with Crippen molar-refractivity contribution in [1.82, 2.24) is 4.90 Å². The monoisotopic (exact) mass is 315 g/mol. The standard InChI is InChI=1S/C16H20F3NO2/c1-20(10-4-6-12-7-5-11-22-12)15(21)13-8-2-3-9-14(13)16(17,18)19/h2-3,8-9,12H,4-7,10-11H2,1H3/t12-/m0/s1. The molecule has 1 atom stereocenters. The number of halogens is 3. The Morgan fingerprint density at radius 2 is 2.09 bits per heavy atom. The molecule has 1 amide bonds. The van der Waals surface area contributed by atoms with Crippen LogP contribution in [0.2, 0.25) is 0 Å². The zero-order chi connectivity index (χ0) is 16.2. The number of hydrogen-bond donors (Lipinski definition) is 0. The van der Waals surface area contributed by atoms with Crippen molar-refractivity contribution < 1.29 is 22.7 Å². The maximum Gasteiger partial charge on any atom is 0.417 e. The smallest absolute Gasteiger partial charge is 0.378 e. The van der Waals surface area contributed by atoms with Crippen LogP contribution in [0.4, 0.5) is 13.2 Å². The van der Waals surface area contributed by atoms with E-state index in [-0.39, 0.29) is 11.7 Å². The van der Waals surface area contributed by atoms with Crippen LogP contribution in [0.1, 0.15) is 41.6 Å². The van der Waals surface area contributed by atoms with Gasteiger partial charge in [-0.2, -0.15) is 13.2 Å². The Morgan fingerprint density at radius 3 is 2.73 bits per heavy atom. The van der Waals surface area contributed by atoms with Crippen LogP contribution in [0.5, 0.6) is 0 Å². The largest absolute Gasteiger partial charge is 0.417 e. The zero-order valence-electron chi connectivity index (χ0n) is 12.5. The summed E-state index contributed by atoms with van der Waals surface area (Å²) in [5.41, 5.74) is -1.18. The van der Waals surface area contributed by atoms with Crippen LogP contribution in [0.15, 0.2) is 24.3 Å². The Hall–Kier alpha value is -1.56. The molecule has 2 rings (SSSR count). The lowest BCUT2D eigenvalue weighted by molar-refractivity contribution is -0.138. The van der Waals surface area contributed by atoms with Crippen LogP contribution in [0.25, 0.3) is 0 Å². The highest BCUT2D eigenvalue weighted by atomic mass is 19.4. The Bertz CT molecular complexity index is 510. The number of carbonyl (C=O) groups is 1. The molecule has 0 radical (unpaired) electrons. The van der Waals surface area contributed by atoms with E-state index in [1.807, 2.05) is 0 Å². The minimum atomic E-state index is -4.52. The summed E-state index contributed by atoms with van der Waals surface area (Å²) >= 11 is 0. The van der Waals surface area contributed by atoms with Crippen molar-refractivity contribution in [3.63, 3.8) is 0 Å². The van der Waals surface area contributed by atoms with E-state index in [0.29, 0.717) is 6.54 Å². The Labute approximate surface area is 128 Å². The highest BCUT2D eigenvalue weighted by molar-refractivity contribution is 5.95. The first-order valence-corrected chi connectivity index (χ1v) is 7.43. The van der Waals surface area contributed by atoms with Gasteiger partial charge in [-0.15, -0.1) is 0 Å². The fourth-order valence-corrected chi connectivity index (χ4v) is 2.65. The van der Waals surface area contributed by atoms with E-state index in [1.165, 1.54) is 30.1 Å². The lowest BCUT2D eigenvalue weighted by Crippen LogP contribution is -2.30. The molecule has 0 spiro atoms. The maximum absolute atomic E-state index is 12.9. The molecular weight excluding hydrogens is 295 g/mol. The van der Waals surface area contributed by atoms with Crippen molar-refractivity contribution in [2.24, 2.45) is 0 Å². The summed E-state index contributed by atoms with van der Waals surface area (Å²) in [4.78, 5) is 13.6. The predicted molar refractivity (Wildman–Crippen MR) is 76.6 cm³/mol. The number of amides is 1. The van der Waals surface area contributed by atoms with Gasteiger partial charge < -0.3 is 9.64 Å². The molecule has 1 aromatic rings. The minimum absolute atomic E-state index is 0.228. The molecule has 6 heteroatoms. The molecule has 1 fully saturated rings. The van der Waals surface area contributed by atoms with Gasteiger partial charge in [-0.25, -0.2) is 0 Å². The van der Waals surface area contributed by atoms with E-state index in [2.05, 4.69) is 0 Å². The first kappa shape index (κ1) is 16.8. The van der Waals surface area contributed by atoms with E-state index in [1.54, 1.807) is 0 Å². The molecule has 1 heterocycles. The van der Waals surface area contributed by atoms with Crippen LogP contribution < -0.4 is 0 Å². The molecule has 1 aromatic carbocycles. The summed E-state index contributed by atoms with van der Waals surface area (Å²) in [6.45, 7) is 1.20. The van der Waals surface area contributed by atoms with Crippen molar-refractivity contribution in [2.45, 2.75) is 38.0 Å². The fraction of sp³-hybridized carbons (Fsp3) is 0.562. The Balaban J connectivity index is 1.95. The maximum atomic E-state index is 12.9. The molecule has 1 aliphatic rings. The highest BCUT2D eigenvalue weighted by Crippen LogP contribution is 2.32. The second kappa shape index (κ2) is 7.13. The summed E-state index contributed by atoms with van der Waals surface area (Å²) in [6, 6.07) is 4.90. The zero-order valence-corrected chi connectivity index (χ0v) is 12.5. The van der Waals surface area contributed by atoms with Crippen molar-refractivity contribution in [3.05, 3.63) is 35.4 Å². The van der Waals surface area contributed by atoms with Gasteiger partial charge in [0.15, 0.2) is 0 Å². The van der Waals surface area contributed by atoms with Gasteiger partial charge in [0.25, 0.3) is 5.91 Å². The molecule has 22 heavy (non-hydrogen) atoms. The van der Waals surface area contributed by atoms with Gasteiger partial charge in [0, 0.05) is 20.2 Å². The number of carbonyl (C=O) groups excluding carboxylic acids is 1. The lowest BCUT2D eigenvalue weighted by Gasteiger charge is -2.20. The molecule has 0 unspecified atom stereocenters. The third-order valence-corrected chi connectivity index (χ3v) is 3.85. The number of nitrogens with zero attached hydrogens (tertiary/aromatic N) is 1. The van der Waals surface area contributed by atoms with Gasteiger partial charge in [-0.05, 0) is 37.8 Å². The van der Waals surface area contributed by atoms with E-state index < -0.39 is 17.6 Å². The molecule has 3 nitrogen and oxygen atoms in total. The fourth-order valence-electron chi connectivity index (χ4n) is 2.65. The minimum Gasteiger partial charge on any atom is -0.378 e. The Kier molecular flexibility index (Phi) is 5.45.